The van der Waals surface area contributed by atoms with Crippen molar-refractivity contribution in [3.63, 3.8) is 0 Å². The topological polar surface area (TPSA) is 49.5 Å². The first-order valence-corrected chi connectivity index (χ1v) is 6.77. The van der Waals surface area contributed by atoms with Gasteiger partial charge < -0.3 is 10.8 Å². The first-order valence-electron chi connectivity index (χ1n) is 5.96. The number of hydrogen-bond donors (Lipinski definition) is 2. The van der Waals surface area contributed by atoms with E-state index in [4.69, 9.17) is 5.73 Å². The minimum atomic E-state index is -0.153. The van der Waals surface area contributed by atoms with Gasteiger partial charge in [0.25, 0.3) is 0 Å². The summed E-state index contributed by atoms with van der Waals surface area (Å²) in [6.07, 6.45) is 1.88. The molecule has 17 heavy (non-hydrogen) atoms. The van der Waals surface area contributed by atoms with Crippen LogP contribution in [0.2, 0.25) is 0 Å². The highest BCUT2D eigenvalue weighted by Gasteiger charge is 2.17. The Labute approximate surface area is 106 Å². The standard InChI is InChI=1S/C13H18N2OS/c14-7-1-4-12-5-6-13(17-12)10-15-8-2-3-11(16)9-15/h5-6,11,16H,2-3,7-10,14H2. The van der Waals surface area contributed by atoms with Gasteiger partial charge in [-0.1, -0.05) is 11.8 Å². The fraction of sp³-hybridized carbons (Fsp3) is 0.538. The molecule has 1 atom stereocenters. The molecule has 0 aromatic carbocycles. The first kappa shape index (κ1) is 12.6. The van der Waals surface area contributed by atoms with E-state index in [1.807, 2.05) is 6.07 Å². The molecule has 4 heteroatoms. The molecule has 2 rings (SSSR count). The second kappa shape index (κ2) is 6.18. The Kier molecular flexibility index (Phi) is 4.57. The molecule has 0 aliphatic carbocycles. The number of nitrogens with two attached hydrogens (primary N) is 1. The Bertz CT molecular complexity index is 419. The van der Waals surface area contributed by atoms with Crippen LogP contribution in [0, 0.1) is 11.8 Å². The van der Waals surface area contributed by atoms with Crippen molar-refractivity contribution in [2.75, 3.05) is 19.6 Å². The Morgan fingerprint density at radius 1 is 1.53 bits per heavy atom. The number of hydrogen-bond acceptors (Lipinski definition) is 4. The van der Waals surface area contributed by atoms with Gasteiger partial charge in [0.05, 0.1) is 17.5 Å². The van der Waals surface area contributed by atoms with Crippen molar-refractivity contribution in [1.82, 2.24) is 4.90 Å². The van der Waals surface area contributed by atoms with Crippen LogP contribution in [0.1, 0.15) is 22.6 Å². The van der Waals surface area contributed by atoms with Crippen LogP contribution in [-0.4, -0.2) is 35.7 Å². The van der Waals surface area contributed by atoms with E-state index in [2.05, 4.69) is 22.8 Å². The molecule has 1 saturated heterocycles. The molecule has 1 aliphatic rings. The Morgan fingerprint density at radius 2 is 2.41 bits per heavy atom. The van der Waals surface area contributed by atoms with Gasteiger partial charge in [0.2, 0.25) is 0 Å². The van der Waals surface area contributed by atoms with Gasteiger partial charge in [0.1, 0.15) is 0 Å². The van der Waals surface area contributed by atoms with Crippen molar-refractivity contribution >= 4 is 11.3 Å². The lowest BCUT2D eigenvalue weighted by atomic mass is 10.1. The summed E-state index contributed by atoms with van der Waals surface area (Å²) >= 11 is 1.72. The fourth-order valence-corrected chi connectivity index (χ4v) is 2.99. The van der Waals surface area contributed by atoms with Crippen LogP contribution in [0.3, 0.4) is 0 Å². The molecule has 0 amide bonds. The van der Waals surface area contributed by atoms with E-state index in [1.165, 1.54) is 4.88 Å². The molecule has 1 unspecified atom stereocenters. The zero-order chi connectivity index (χ0) is 12.1. The van der Waals surface area contributed by atoms with Crippen LogP contribution in [0.15, 0.2) is 12.1 Å². The number of aliphatic hydroxyl groups is 1. The lowest BCUT2D eigenvalue weighted by Gasteiger charge is -2.29. The maximum absolute atomic E-state index is 9.60. The molecule has 1 aromatic heterocycles. The summed E-state index contributed by atoms with van der Waals surface area (Å²) in [6, 6.07) is 4.16. The van der Waals surface area contributed by atoms with Gasteiger partial charge in [0, 0.05) is 18.0 Å². The van der Waals surface area contributed by atoms with Crippen molar-refractivity contribution in [3.05, 3.63) is 21.9 Å². The van der Waals surface area contributed by atoms with Gasteiger partial charge >= 0.3 is 0 Å². The Morgan fingerprint density at radius 3 is 3.18 bits per heavy atom. The van der Waals surface area contributed by atoms with Crippen molar-refractivity contribution in [1.29, 1.82) is 0 Å². The van der Waals surface area contributed by atoms with Gasteiger partial charge in [-0.3, -0.25) is 4.90 Å². The highest BCUT2D eigenvalue weighted by Crippen LogP contribution is 2.19. The Balaban J connectivity index is 1.92. The molecular formula is C13H18N2OS. The molecule has 1 aliphatic heterocycles. The van der Waals surface area contributed by atoms with E-state index in [0.717, 1.165) is 37.4 Å². The highest BCUT2D eigenvalue weighted by atomic mass is 32.1. The molecular weight excluding hydrogens is 232 g/mol. The number of thiophene rings is 1. The van der Waals surface area contributed by atoms with Crippen molar-refractivity contribution in [3.8, 4) is 11.8 Å². The average Bonchev–Trinajstić information content (AvgIpc) is 2.74. The molecule has 0 radical (unpaired) electrons. The van der Waals surface area contributed by atoms with Gasteiger partial charge in [-0.25, -0.2) is 0 Å². The molecule has 92 valence electrons. The van der Waals surface area contributed by atoms with E-state index in [-0.39, 0.29) is 6.10 Å². The minimum absolute atomic E-state index is 0.153. The SMILES string of the molecule is NCC#Cc1ccc(CN2CCCC(O)C2)s1. The lowest BCUT2D eigenvalue weighted by Crippen LogP contribution is -2.37. The predicted octanol–water partition coefficient (Wildman–Crippen LogP) is 1.02. The first-order chi connectivity index (χ1) is 8.28. The van der Waals surface area contributed by atoms with Gasteiger partial charge in [0.15, 0.2) is 0 Å². The second-order valence-corrected chi connectivity index (χ2v) is 5.47. The van der Waals surface area contributed by atoms with Gasteiger partial charge in [-0.05, 0) is 31.5 Å². The summed E-state index contributed by atoms with van der Waals surface area (Å²) in [4.78, 5) is 4.68. The van der Waals surface area contributed by atoms with Gasteiger partial charge in [-0.15, -0.1) is 11.3 Å². The predicted molar refractivity (Wildman–Crippen MR) is 70.8 cm³/mol. The minimum Gasteiger partial charge on any atom is -0.392 e. The highest BCUT2D eigenvalue weighted by molar-refractivity contribution is 7.12. The summed E-state index contributed by atoms with van der Waals surface area (Å²) in [7, 11) is 0. The molecule has 1 aromatic rings. The number of rotatable bonds is 2. The lowest BCUT2D eigenvalue weighted by molar-refractivity contribution is 0.0673. The summed E-state index contributed by atoms with van der Waals surface area (Å²) in [5, 5.41) is 9.60. The molecule has 3 N–H and O–H groups in total. The quantitative estimate of drug-likeness (QED) is 0.770. The number of piperidine rings is 1. The monoisotopic (exact) mass is 250 g/mol. The van der Waals surface area contributed by atoms with Crippen molar-refractivity contribution < 1.29 is 5.11 Å². The van der Waals surface area contributed by atoms with Crippen LogP contribution in [0.4, 0.5) is 0 Å². The number of likely N-dealkylation sites (tertiary alicyclic amines) is 1. The third-order valence-electron chi connectivity index (χ3n) is 2.84. The van der Waals surface area contributed by atoms with Crippen LogP contribution in [0.5, 0.6) is 0 Å². The average molecular weight is 250 g/mol. The maximum atomic E-state index is 9.60. The third kappa shape index (κ3) is 3.83. The summed E-state index contributed by atoms with van der Waals surface area (Å²) in [5.74, 6) is 5.91. The fourth-order valence-electron chi connectivity index (χ4n) is 2.06. The third-order valence-corrected chi connectivity index (χ3v) is 3.82. The number of nitrogens with zero attached hydrogens (tertiary/aromatic N) is 1. The van der Waals surface area contributed by atoms with Crippen molar-refractivity contribution in [2.24, 2.45) is 5.73 Å². The second-order valence-electron chi connectivity index (χ2n) is 4.30. The van der Waals surface area contributed by atoms with E-state index in [0.29, 0.717) is 6.54 Å². The van der Waals surface area contributed by atoms with E-state index in [9.17, 15) is 5.11 Å². The van der Waals surface area contributed by atoms with E-state index >= 15 is 0 Å². The molecule has 3 nitrogen and oxygen atoms in total. The maximum Gasteiger partial charge on any atom is 0.0772 e. The van der Waals surface area contributed by atoms with E-state index in [1.54, 1.807) is 11.3 Å². The molecule has 0 bridgehead atoms. The number of aliphatic hydroxyl groups excluding tert-OH is 1. The summed E-state index contributed by atoms with van der Waals surface area (Å²) in [5.41, 5.74) is 5.34. The normalized spacial score (nSPS) is 20.9. The molecule has 0 spiro atoms. The zero-order valence-electron chi connectivity index (χ0n) is 9.85. The number of β-amino-alcohol motifs (C(OH)–C–C–N with tert-alkyl or cyclic N) is 1. The zero-order valence-corrected chi connectivity index (χ0v) is 10.7. The van der Waals surface area contributed by atoms with Crippen molar-refractivity contribution in [2.45, 2.75) is 25.5 Å². The molecule has 2 heterocycles. The van der Waals surface area contributed by atoms with Crippen LogP contribution < -0.4 is 5.73 Å². The van der Waals surface area contributed by atoms with E-state index < -0.39 is 0 Å². The molecule has 1 fully saturated rings. The van der Waals surface area contributed by atoms with Crippen LogP contribution in [0.25, 0.3) is 0 Å². The largest absolute Gasteiger partial charge is 0.392 e. The van der Waals surface area contributed by atoms with Crippen LogP contribution >= 0.6 is 11.3 Å². The Hall–Kier alpha value is -0.860. The van der Waals surface area contributed by atoms with Gasteiger partial charge in [-0.2, -0.15) is 0 Å². The molecule has 0 saturated carbocycles. The van der Waals surface area contributed by atoms with Crippen LogP contribution in [-0.2, 0) is 6.54 Å². The smallest absolute Gasteiger partial charge is 0.0772 e. The summed E-state index contributed by atoms with van der Waals surface area (Å²) < 4.78 is 0. The summed E-state index contributed by atoms with van der Waals surface area (Å²) in [6.45, 7) is 3.21.